The molecule has 1 saturated heterocycles. The molecular formula is C11H19NO3. The van der Waals surface area contributed by atoms with Crippen LogP contribution in [0.25, 0.3) is 0 Å². The molecule has 4 nitrogen and oxygen atoms in total. The smallest absolute Gasteiger partial charge is 0.417 e. The Labute approximate surface area is 90.6 Å². The van der Waals surface area contributed by atoms with Gasteiger partial charge in [0.2, 0.25) is 5.91 Å². The molecule has 4 heteroatoms. The van der Waals surface area contributed by atoms with Gasteiger partial charge < -0.3 is 4.74 Å². The summed E-state index contributed by atoms with van der Waals surface area (Å²) in [4.78, 5) is 24.3. The Morgan fingerprint density at radius 1 is 1.47 bits per heavy atom. The standard InChI is InChI=1S/C11H19NO3/c1-4-11(2,3)15-10(14)12-8-6-5-7-9(12)13/h4-8H2,1-3H3. The monoisotopic (exact) mass is 213 g/mol. The molecule has 0 aromatic heterocycles. The van der Waals surface area contributed by atoms with Crippen molar-refractivity contribution < 1.29 is 14.3 Å². The van der Waals surface area contributed by atoms with Crippen LogP contribution in [0.5, 0.6) is 0 Å². The van der Waals surface area contributed by atoms with Crippen LogP contribution in [0.15, 0.2) is 0 Å². The second-order valence-electron chi connectivity index (χ2n) is 4.48. The van der Waals surface area contributed by atoms with Crippen molar-refractivity contribution in [3.05, 3.63) is 0 Å². The van der Waals surface area contributed by atoms with Gasteiger partial charge in [-0.05, 0) is 33.1 Å². The van der Waals surface area contributed by atoms with E-state index in [9.17, 15) is 9.59 Å². The molecule has 0 unspecified atom stereocenters. The highest BCUT2D eigenvalue weighted by Crippen LogP contribution is 2.18. The molecule has 0 spiro atoms. The summed E-state index contributed by atoms with van der Waals surface area (Å²) in [5, 5.41) is 0. The molecule has 0 atom stereocenters. The number of nitrogens with zero attached hydrogens (tertiary/aromatic N) is 1. The molecule has 0 bridgehead atoms. The summed E-state index contributed by atoms with van der Waals surface area (Å²) in [7, 11) is 0. The topological polar surface area (TPSA) is 46.6 Å². The van der Waals surface area contributed by atoms with E-state index < -0.39 is 11.7 Å². The molecule has 1 heterocycles. The Hall–Kier alpha value is -1.06. The molecule has 15 heavy (non-hydrogen) atoms. The van der Waals surface area contributed by atoms with E-state index in [0.717, 1.165) is 19.3 Å². The Bertz CT molecular complexity index is 261. The molecule has 0 saturated carbocycles. The number of imide groups is 1. The first-order valence-corrected chi connectivity index (χ1v) is 5.49. The number of amides is 2. The quantitative estimate of drug-likeness (QED) is 0.707. The highest BCUT2D eigenvalue weighted by molar-refractivity contribution is 5.92. The average Bonchev–Trinajstić information content (AvgIpc) is 2.17. The number of rotatable bonds is 2. The van der Waals surface area contributed by atoms with Crippen molar-refractivity contribution in [2.75, 3.05) is 6.54 Å². The van der Waals surface area contributed by atoms with E-state index in [2.05, 4.69) is 0 Å². The van der Waals surface area contributed by atoms with Crippen LogP contribution in [0, 0.1) is 0 Å². The van der Waals surface area contributed by atoms with Crippen LogP contribution in [-0.2, 0) is 9.53 Å². The van der Waals surface area contributed by atoms with Crippen LogP contribution in [0.3, 0.4) is 0 Å². The van der Waals surface area contributed by atoms with E-state index in [4.69, 9.17) is 4.74 Å². The molecule has 1 fully saturated rings. The number of piperidine rings is 1. The summed E-state index contributed by atoms with van der Waals surface area (Å²) in [5.41, 5.74) is -0.491. The summed E-state index contributed by atoms with van der Waals surface area (Å²) < 4.78 is 5.26. The minimum absolute atomic E-state index is 0.113. The Morgan fingerprint density at radius 2 is 2.13 bits per heavy atom. The lowest BCUT2D eigenvalue weighted by Gasteiger charge is -2.29. The molecule has 1 aliphatic heterocycles. The fraction of sp³-hybridized carbons (Fsp3) is 0.818. The van der Waals surface area contributed by atoms with E-state index >= 15 is 0 Å². The van der Waals surface area contributed by atoms with Gasteiger partial charge in [0.1, 0.15) is 5.60 Å². The van der Waals surface area contributed by atoms with Gasteiger partial charge in [-0.25, -0.2) is 9.69 Å². The zero-order valence-electron chi connectivity index (χ0n) is 9.71. The van der Waals surface area contributed by atoms with Crippen LogP contribution < -0.4 is 0 Å². The average molecular weight is 213 g/mol. The minimum atomic E-state index is -0.494. The number of hydrogen-bond donors (Lipinski definition) is 0. The lowest BCUT2D eigenvalue weighted by Crippen LogP contribution is -2.43. The third-order valence-corrected chi connectivity index (χ3v) is 2.76. The van der Waals surface area contributed by atoms with Crippen molar-refractivity contribution in [2.24, 2.45) is 0 Å². The molecule has 0 aromatic rings. The van der Waals surface area contributed by atoms with E-state index in [1.54, 1.807) is 0 Å². The van der Waals surface area contributed by atoms with Crippen molar-refractivity contribution in [3.8, 4) is 0 Å². The first-order chi connectivity index (χ1) is 6.96. The van der Waals surface area contributed by atoms with Gasteiger partial charge in [-0.2, -0.15) is 0 Å². The molecule has 0 aliphatic carbocycles. The predicted molar refractivity (Wildman–Crippen MR) is 56.4 cm³/mol. The lowest BCUT2D eigenvalue weighted by molar-refractivity contribution is -0.132. The van der Waals surface area contributed by atoms with Crippen molar-refractivity contribution in [1.29, 1.82) is 0 Å². The van der Waals surface area contributed by atoms with Crippen molar-refractivity contribution in [2.45, 2.75) is 52.1 Å². The molecule has 2 amide bonds. The van der Waals surface area contributed by atoms with E-state index in [1.807, 2.05) is 20.8 Å². The highest BCUT2D eigenvalue weighted by Gasteiger charge is 2.29. The van der Waals surface area contributed by atoms with Crippen LogP contribution in [0.1, 0.15) is 46.5 Å². The van der Waals surface area contributed by atoms with Gasteiger partial charge in [-0.15, -0.1) is 0 Å². The summed E-state index contributed by atoms with van der Waals surface area (Å²) in [6.07, 6.45) is 2.46. The van der Waals surface area contributed by atoms with Crippen molar-refractivity contribution in [3.63, 3.8) is 0 Å². The van der Waals surface area contributed by atoms with Gasteiger partial charge in [0.15, 0.2) is 0 Å². The number of carbonyl (C=O) groups is 2. The van der Waals surface area contributed by atoms with E-state index in [1.165, 1.54) is 4.90 Å². The summed E-state index contributed by atoms with van der Waals surface area (Å²) in [6, 6.07) is 0. The largest absolute Gasteiger partial charge is 0.443 e. The molecule has 0 N–H and O–H groups in total. The van der Waals surface area contributed by atoms with Crippen molar-refractivity contribution >= 4 is 12.0 Å². The van der Waals surface area contributed by atoms with Crippen molar-refractivity contribution in [1.82, 2.24) is 4.90 Å². The summed E-state index contributed by atoms with van der Waals surface area (Å²) in [5.74, 6) is -0.113. The van der Waals surface area contributed by atoms with Gasteiger partial charge in [-0.3, -0.25) is 4.79 Å². The minimum Gasteiger partial charge on any atom is -0.443 e. The number of hydrogen-bond acceptors (Lipinski definition) is 3. The second-order valence-corrected chi connectivity index (χ2v) is 4.48. The fourth-order valence-electron chi connectivity index (χ4n) is 1.36. The first-order valence-electron chi connectivity index (χ1n) is 5.49. The fourth-order valence-corrected chi connectivity index (χ4v) is 1.36. The lowest BCUT2D eigenvalue weighted by atomic mass is 10.1. The molecule has 1 aliphatic rings. The zero-order valence-corrected chi connectivity index (χ0v) is 9.71. The number of carbonyl (C=O) groups excluding carboxylic acids is 2. The van der Waals surface area contributed by atoms with Gasteiger partial charge in [0, 0.05) is 13.0 Å². The van der Waals surface area contributed by atoms with Gasteiger partial charge in [0.25, 0.3) is 0 Å². The molecule has 86 valence electrons. The summed E-state index contributed by atoms with van der Waals surface area (Å²) >= 11 is 0. The molecule has 0 aromatic carbocycles. The molecule has 0 radical (unpaired) electrons. The first kappa shape index (κ1) is 12.0. The Morgan fingerprint density at radius 3 is 2.67 bits per heavy atom. The highest BCUT2D eigenvalue weighted by atomic mass is 16.6. The molecule has 1 rings (SSSR count). The number of likely N-dealkylation sites (tertiary alicyclic amines) is 1. The predicted octanol–water partition coefficient (Wildman–Crippen LogP) is 2.32. The zero-order chi connectivity index (χ0) is 11.5. The third-order valence-electron chi connectivity index (χ3n) is 2.76. The van der Waals surface area contributed by atoms with Gasteiger partial charge >= 0.3 is 6.09 Å². The third kappa shape index (κ3) is 3.22. The maximum atomic E-state index is 11.7. The Balaban J connectivity index is 2.56. The SMILES string of the molecule is CCC(C)(C)OC(=O)N1CCCCC1=O. The van der Waals surface area contributed by atoms with E-state index in [0.29, 0.717) is 13.0 Å². The molecular weight excluding hydrogens is 194 g/mol. The normalized spacial score (nSPS) is 17.8. The van der Waals surface area contributed by atoms with Crippen LogP contribution in [0.2, 0.25) is 0 Å². The summed E-state index contributed by atoms with van der Waals surface area (Å²) in [6.45, 7) is 6.14. The maximum absolute atomic E-state index is 11.7. The maximum Gasteiger partial charge on any atom is 0.417 e. The van der Waals surface area contributed by atoms with Crippen LogP contribution >= 0.6 is 0 Å². The van der Waals surface area contributed by atoms with Crippen LogP contribution in [-0.4, -0.2) is 29.0 Å². The second kappa shape index (κ2) is 4.64. The van der Waals surface area contributed by atoms with E-state index in [-0.39, 0.29) is 5.91 Å². The van der Waals surface area contributed by atoms with Gasteiger partial charge in [-0.1, -0.05) is 6.92 Å². The van der Waals surface area contributed by atoms with Crippen LogP contribution in [0.4, 0.5) is 4.79 Å². The Kier molecular flexibility index (Phi) is 3.72. The number of ether oxygens (including phenoxy) is 1. The van der Waals surface area contributed by atoms with Gasteiger partial charge in [0.05, 0.1) is 0 Å².